The lowest BCUT2D eigenvalue weighted by molar-refractivity contribution is 0.0683. The summed E-state index contributed by atoms with van der Waals surface area (Å²) >= 11 is 0. The van der Waals surface area contributed by atoms with Gasteiger partial charge in [-0.3, -0.25) is 0 Å². The van der Waals surface area contributed by atoms with Gasteiger partial charge in [-0.1, -0.05) is 51.1 Å². The fraction of sp³-hybridized carbons (Fsp3) is 0.267. The van der Waals surface area contributed by atoms with Crippen molar-refractivity contribution in [3.8, 4) is 11.3 Å². The summed E-state index contributed by atoms with van der Waals surface area (Å²) in [4.78, 5) is 19.4. The molecular weight excluding hydrogens is 240 g/mol. The molecule has 0 bridgehead atoms. The molecule has 4 heteroatoms. The SMILES string of the molecule is CC(C)(C)c1cc(-c2ccccc2)nc(C(=O)O)n1. The van der Waals surface area contributed by atoms with Crippen LogP contribution in [0.15, 0.2) is 36.4 Å². The second-order valence-electron chi connectivity index (χ2n) is 5.38. The van der Waals surface area contributed by atoms with E-state index in [2.05, 4.69) is 9.97 Å². The normalized spacial score (nSPS) is 11.3. The highest BCUT2D eigenvalue weighted by atomic mass is 16.4. The highest BCUT2D eigenvalue weighted by Crippen LogP contribution is 2.25. The average Bonchev–Trinajstić information content (AvgIpc) is 2.38. The molecule has 0 aliphatic heterocycles. The van der Waals surface area contributed by atoms with E-state index in [1.807, 2.05) is 57.2 Å². The van der Waals surface area contributed by atoms with Crippen LogP contribution in [0.2, 0.25) is 0 Å². The van der Waals surface area contributed by atoms with Gasteiger partial charge in [-0.05, 0) is 6.07 Å². The summed E-state index contributed by atoms with van der Waals surface area (Å²) in [6.07, 6.45) is 0. The Bertz CT molecular complexity index is 601. The Kier molecular flexibility index (Phi) is 3.34. The lowest BCUT2D eigenvalue weighted by Crippen LogP contribution is -2.17. The summed E-state index contributed by atoms with van der Waals surface area (Å²) in [5, 5.41) is 9.12. The molecule has 0 aliphatic rings. The van der Waals surface area contributed by atoms with Gasteiger partial charge in [0.2, 0.25) is 5.82 Å². The molecule has 4 nitrogen and oxygen atoms in total. The Morgan fingerprint density at radius 3 is 2.26 bits per heavy atom. The third kappa shape index (κ3) is 2.96. The average molecular weight is 256 g/mol. The maximum atomic E-state index is 11.1. The third-order valence-corrected chi connectivity index (χ3v) is 2.76. The van der Waals surface area contributed by atoms with Crippen LogP contribution in [0.3, 0.4) is 0 Å². The first kappa shape index (κ1) is 13.2. The molecule has 2 aromatic rings. The largest absolute Gasteiger partial charge is 0.475 e. The number of hydrogen-bond acceptors (Lipinski definition) is 3. The molecular formula is C15H16N2O2. The predicted molar refractivity (Wildman–Crippen MR) is 73.1 cm³/mol. The highest BCUT2D eigenvalue weighted by molar-refractivity contribution is 5.84. The number of nitrogens with zero attached hydrogens (tertiary/aromatic N) is 2. The maximum Gasteiger partial charge on any atom is 0.373 e. The molecule has 19 heavy (non-hydrogen) atoms. The molecule has 1 N–H and O–H groups in total. The van der Waals surface area contributed by atoms with Crippen LogP contribution in [0.1, 0.15) is 37.1 Å². The summed E-state index contributed by atoms with van der Waals surface area (Å²) in [5.74, 6) is -1.27. The van der Waals surface area contributed by atoms with E-state index in [1.54, 1.807) is 0 Å². The van der Waals surface area contributed by atoms with E-state index in [0.717, 1.165) is 11.3 Å². The Morgan fingerprint density at radius 1 is 1.11 bits per heavy atom. The molecule has 0 atom stereocenters. The summed E-state index contributed by atoms with van der Waals surface area (Å²) in [6.45, 7) is 5.99. The monoisotopic (exact) mass is 256 g/mol. The Hall–Kier alpha value is -2.23. The van der Waals surface area contributed by atoms with Gasteiger partial charge in [0.25, 0.3) is 0 Å². The van der Waals surface area contributed by atoms with Crippen LogP contribution in [-0.4, -0.2) is 21.0 Å². The van der Waals surface area contributed by atoms with Crippen LogP contribution in [0.25, 0.3) is 11.3 Å². The molecule has 0 fully saturated rings. The number of carboxylic acid groups (broad SMARTS) is 1. The molecule has 0 saturated heterocycles. The molecule has 1 heterocycles. The van der Waals surface area contributed by atoms with Gasteiger partial charge < -0.3 is 5.11 Å². The van der Waals surface area contributed by atoms with Gasteiger partial charge >= 0.3 is 5.97 Å². The number of hydrogen-bond donors (Lipinski definition) is 1. The lowest BCUT2D eigenvalue weighted by atomic mass is 9.91. The van der Waals surface area contributed by atoms with Crippen molar-refractivity contribution in [1.82, 2.24) is 9.97 Å². The Balaban J connectivity index is 2.62. The quantitative estimate of drug-likeness (QED) is 0.896. The fourth-order valence-corrected chi connectivity index (χ4v) is 1.68. The van der Waals surface area contributed by atoms with Crippen molar-refractivity contribution in [1.29, 1.82) is 0 Å². The number of carbonyl (C=O) groups is 1. The van der Waals surface area contributed by atoms with E-state index >= 15 is 0 Å². The number of benzene rings is 1. The van der Waals surface area contributed by atoms with Crippen LogP contribution in [-0.2, 0) is 5.41 Å². The van der Waals surface area contributed by atoms with E-state index in [4.69, 9.17) is 5.11 Å². The van der Waals surface area contributed by atoms with Crippen molar-refractivity contribution in [3.63, 3.8) is 0 Å². The molecule has 0 spiro atoms. The smallest absolute Gasteiger partial charge is 0.373 e. The lowest BCUT2D eigenvalue weighted by Gasteiger charge is -2.18. The maximum absolute atomic E-state index is 11.1. The van der Waals surface area contributed by atoms with Gasteiger partial charge in [0.05, 0.1) is 11.4 Å². The summed E-state index contributed by atoms with van der Waals surface area (Å²) < 4.78 is 0. The molecule has 0 aliphatic carbocycles. The molecule has 0 saturated carbocycles. The van der Waals surface area contributed by atoms with Crippen molar-refractivity contribution in [2.75, 3.05) is 0 Å². The van der Waals surface area contributed by atoms with Gasteiger partial charge in [-0.15, -0.1) is 0 Å². The summed E-state index contributed by atoms with van der Waals surface area (Å²) in [5.41, 5.74) is 2.02. The predicted octanol–water partition coefficient (Wildman–Crippen LogP) is 3.14. The Morgan fingerprint density at radius 2 is 1.74 bits per heavy atom. The van der Waals surface area contributed by atoms with Crippen molar-refractivity contribution < 1.29 is 9.90 Å². The zero-order chi connectivity index (χ0) is 14.0. The second-order valence-corrected chi connectivity index (χ2v) is 5.38. The fourth-order valence-electron chi connectivity index (χ4n) is 1.68. The van der Waals surface area contributed by atoms with E-state index < -0.39 is 5.97 Å². The summed E-state index contributed by atoms with van der Waals surface area (Å²) in [6, 6.07) is 11.4. The van der Waals surface area contributed by atoms with Crippen molar-refractivity contribution in [2.24, 2.45) is 0 Å². The van der Waals surface area contributed by atoms with Gasteiger partial charge in [-0.2, -0.15) is 0 Å². The Labute approximate surface area is 112 Å². The molecule has 2 rings (SSSR count). The number of aromatic nitrogens is 2. The zero-order valence-electron chi connectivity index (χ0n) is 11.2. The number of rotatable bonds is 2. The molecule has 0 amide bonds. The third-order valence-electron chi connectivity index (χ3n) is 2.76. The molecule has 0 radical (unpaired) electrons. The van der Waals surface area contributed by atoms with Crippen LogP contribution in [0.5, 0.6) is 0 Å². The first-order valence-electron chi connectivity index (χ1n) is 6.06. The number of carboxylic acids is 1. The van der Waals surface area contributed by atoms with Gasteiger partial charge in [0, 0.05) is 11.0 Å². The minimum absolute atomic E-state index is 0.161. The highest BCUT2D eigenvalue weighted by Gasteiger charge is 2.20. The minimum Gasteiger partial charge on any atom is -0.475 e. The molecule has 0 unspecified atom stereocenters. The van der Waals surface area contributed by atoms with Crippen molar-refractivity contribution in [3.05, 3.63) is 47.9 Å². The molecule has 1 aromatic heterocycles. The first-order chi connectivity index (χ1) is 8.88. The van der Waals surface area contributed by atoms with E-state index in [-0.39, 0.29) is 11.2 Å². The van der Waals surface area contributed by atoms with Gasteiger partial charge in [-0.25, -0.2) is 14.8 Å². The standard InChI is InChI=1S/C15H16N2O2/c1-15(2,3)12-9-11(10-7-5-4-6-8-10)16-13(17-12)14(18)19/h4-9H,1-3H3,(H,18,19). The number of aromatic carboxylic acids is 1. The van der Waals surface area contributed by atoms with Crippen molar-refractivity contribution >= 4 is 5.97 Å². The van der Waals surface area contributed by atoms with Gasteiger partial charge in [0.1, 0.15) is 0 Å². The van der Waals surface area contributed by atoms with Gasteiger partial charge in [0.15, 0.2) is 0 Å². The van der Waals surface area contributed by atoms with Crippen LogP contribution >= 0.6 is 0 Å². The molecule has 1 aromatic carbocycles. The second kappa shape index (κ2) is 4.80. The topological polar surface area (TPSA) is 63.1 Å². The van der Waals surface area contributed by atoms with Crippen molar-refractivity contribution in [2.45, 2.75) is 26.2 Å². The van der Waals surface area contributed by atoms with Crippen LogP contribution in [0.4, 0.5) is 0 Å². The van der Waals surface area contributed by atoms with Crippen LogP contribution < -0.4 is 0 Å². The zero-order valence-corrected chi connectivity index (χ0v) is 11.2. The molecule has 98 valence electrons. The van der Waals surface area contributed by atoms with Crippen LogP contribution in [0, 0.1) is 0 Å². The minimum atomic E-state index is -1.11. The summed E-state index contributed by atoms with van der Waals surface area (Å²) in [7, 11) is 0. The first-order valence-corrected chi connectivity index (χ1v) is 6.06. The van der Waals surface area contributed by atoms with E-state index in [1.165, 1.54) is 0 Å². The van der Waals surface area contributed by atoms with E-state index in [0.29, 0.717) is 5.69 Å². The van der Waals surface area contributed by atoms with E-state index in [9.17, 15) is 4.79 Å².